The number of alkyl halides is 3. The molecule has 3 nitrogen and oxygen atoms in total. The number of carbonyl (C=O) groups excluding carboxylic acids is 1. The molecule has 0 N–H and O–H groups in total. The van der Waals surface area contributed by atoms with Gasteiger partial charge < -0.3 is 9.47 Å². The third-order valence-electron chi connectivity index (χ3n) is 2.17. The van der Waals surface area contributed by atoms with Crippen molar-refractivity contribution in [2.45, 2.75) is 13.1 Å². The molecule has 0 fully saturated rings. The minimum Gasteiger partial charge on any atom is -0.460 e. The van der Waals surface area contributed by atoms with Crippen LogP contribution < -0.4 is 0 Å². The Morgan fingerprint density at radius 2 is 1.95 bits per heavy atom. The summed E-state index contributed by atoms with van der Waals surface area (Å²) in [7, 11) is 0. The second-order valence-corrected chi connectivity index (χ2v) is 3.52. The second kappa shape index (κ2) is 6.51. The van der Waals surface area contributed by atoms with E-state index in [4.69, 9.17) is 4.74 Å². The van der Waals surface area contributed by atoms with Crippen LogP contribution in [-0.2, 0) is 15.7 Å². The molecule has 0 aliphatic rings. The lowest BCUT2D eigenvalue weighted by molar-refractivity contribution is -0.138. The highest BCUT2D eigenvalue weighted by atomic mass is 19.4. The number of rotatable bonds is 5. The van der Waals surface area contributed by atoms with E-state index in [9.17, 15) is 22.4 Å². The molecule has 0 radical (unpaired) electrons. The van der Waals surface area contributed by atoms with Gasteiger partial charge in [-0.3, -0.25) is 0 Å². The second-order valence-electron chi connectivity index (χ2n) is 3.52. The van der Waals surface area contributed by atoms with Gasteiger partial charge in [-0.1, -0.05) is 0 Å². The average molecular weight is 280 g/mol. The van der Waals surface area contributed by atoms with Crippen molar-refractivity contribution >= 4 is 5.97 Å². The highest BCUT2D eigenvalue weighted by Gasteiger charge is 2.36. The normalized spacial score (nSPS) is 11.4. The summed E-state index contributed by atoms with van der Waals surface area (Å²) in [4.78, 5) is 11.5. The topological polar surface area (TPSA) is 35.5 Å². The molecule has 106 valence electrons. The maximum Gasteiger partial charge on any atom is 0.417 e. The van der Waals surface area contributed by atoms with Gasteiger partial charge >= 0.3 is 12.1 Å². The summed E-state index contributed by atoms with van der Waals surface area (Å²) >= 11 is 0. The zero-order valence-corrected chi connectivity index (χ0v) is 10.1. The number of carbonyl (C=O) groups is 1. The standard InChI is InChI=1S/C12H12F4O3/c1-2-18-5-6-19-11(17)9-4-3-8(13)7-10(9)12(14,15)16/h3-4,7H,2,5-6H2,1H3. The van der Waals surface area contributed by atoms with Crippen LogP contribution in [0, 0.1) is 5.82 Å². The number of hydrogen-bond donors (Lipinski definition) is 0. The maximum absolute atomic E-state index is 12.8. The number of esters is 1. The summed E-state index contributed by atoms with van der Waals surface area (Å²) in [5.74, 6) is -2.23. The van der Waals surface area contributed by atoms with Gasteiger partial charge in [0, 0.05) is 6.61 Å². The van der Waals surface area contributed by atoms with Crippen molar-refractivity contribution in [1.82, 2.24) is 0 Å². The molecule has 0 aromatic heterocycles. The molecule has 0 unspecified atom stereocenters. The third-order valence-corrected chi connectivity index (χ3v) is 2.17. The molecule has 1 rings (SSSR count). The molecule has 0 aliphatic carbocycles. The van der Waals surface area contributed by atoms with Crippen molar-refractivity contribution in [3.8, 4) is 0 Å². The average Bonchev–Trinajstić information content (AvgIpc) is 2.33. The lowest BCUT2D eigenvalue weighted by Gasteiger charge is -2.12. The van der Waals surface area contributed by atoms with Gasteiger partial charge in [0.15, 0.2) is 0 Å². The first-order valence-electron chi connectivity index (χ1n) is 5.48. The van der Waals surface area contributed by atoms with E-state index in [0.717, 1.165) is 12.1 Å². The lowest BCUT2D eigenvalue weighted by Crippen LogP contribution is -2.17. The van der Waals surface area contributed by atoms with E-state index in [2.05, 4.69) is 4.74 Å². The summed E-state index contributed by atoms with van der Waals surface area (Å²) in [6.45, 7) is 2.05. The van der Waals surface area contributed by atoms with Gasteiger partial charge in [-0.15, -0.1) is 0 Å². The summed E-state index contributed by atoms with van der Waals surface area (Å²) in [5.41, 5.74) is -2.07. The molecular formula is C12H12F4O3. The van der Waals surface area contributed by atoms with Gasteiger partial charge in [0.25, 0.3) is 0 Å². The summed E-state index contributed by atoms with van der Waals surface area (Å²) < 4.78 is 60.2. The molecule has 1 aromatic rings. The number of ether oxygens (including phenoxy) is 2. The minimum absolute atomic E-state index is 0.0881. The first-order chi connectivity index (χ1) is 8.86. The highest BCUT2D eigenvalue weighted by Crippen LogP contribution is 2.32. The molecule has 1 aromatic carbocycles. The molecule has 0 bridgehead atoms. The van der Waals surface area contributed by atoms with Gasteiger partial charge in [-0.2, -0.15) is 13.2 Å². The Morgan fingerprint density at radius 3 is 2.53 bits per heavy atom. The summed E-state index contributed by atoms with van der Waals surface area (Å²) in [6, 6.07) is 1.79. The van der Waals surface area contributed by atoms with Gasteiger partial charge in [-0.25, -0.2) is 9.18 Å². The van der Waals surface area contributed by atoms with Crippen LogP contribution >= 0.6 is 0 Å². The molecule has 0 amide bonds. The van der Waals surface area contributed by atoms with Crippen molar-refractivity contribution in [1.29, 1.82) is 0 Å². The molecule has 0 saturated heterocycles. The Morgan fingerprint density at radius 1 is 1.26 bits per heavy atom. The Hall–Kier alpha value is -1.63. The minimum atomic E-state index is -4.82. The predicted molar refractivity (Wildman–Crippen MR) is 58.2 cm³/mol. The van der Waals surface area contributed by atoms with Crippen LogP contribution in [-0.4, -0.2) is 25.8 Å². The molecular weight excluding hydrogens is 268 g/mol. The molecule has 0 aliphatic heterocycles. The van der Waals surface area contributed by atoms with Crippen LogP contribution in [0.5, 0.6) is 0 Å². The largest absolute Gasteiger partial charge is 0.460 e. The third kappa shape index (κ3) is 4.51. The van der Waals surface area contributed by atoms with Crippen LogP contribution in [0.2, 0.25) is 0 Å². The smallest absolute Gasteiger partial charge is 0.417 e. The molecule has 7 heteroatoms. The SMILES string of the molecule is CCOCCOC(=O)c1ccc(F)cc1C(F)(F)F. The molecule has 0 heterocycles. The van der Waals surface area contributed by atoms with Crippen LogP contribution in [0.1, 0.15) is 22.8 Å². The van der Waals surface area contributed by atoms with Crippen LogP contribution in [0.15, 0.2) is 18.2 Å². The van der Waals surface area contributed by atoms with Gasteiger partial charge in [0.2, 0.25) is 0 Å². The van der Waals surface area contributed by atoms with Crippen LogP contribution in [0.3, 0.4) is 0 Å². The van der Waals surface area contributed by atoms with Crippen molar-refractivity contribution in [2.24, 2.45) is 0 Å². The highest BCUT2D eigenvalue weighted by molar-refractivity contribution is 5.91. The van der Waals surface area contributed by atoms with E-state index in [0.29, 0.717) is 6.61 Å². The fourth-order valence-corrected chi connectivity index (χ4v) is 1.34. The molecule has 0 atom stereocenters. The fraction of sp³-hybridized carbons (Fsp3) is 0.417. The quantitative estimate of drug-likeness (QED) is 0.472. The van der Waals surface area contributed by atoms with Gasteiger partial charge in [-0.05, 0) is 25.1 Å². The van der Waals surface area contributed by atoms with Crippen LogP contribution in [0.25, 0.3) is 0 Å². The van der Waals surface area contributed by atoms with E-state index in [1.165, 1.54) is 0 Å². The van der Waals surface area contributed by atoms with Gasteiger partial charge in [0.05, 0.1) is 17.7 Å². The van der Waals surface area contributed by atoms with E-state index < -0.39 is 29.1 Å². The van der Waals surface area contributed by atoms with Crippen LogP contribution in [0.4, 0.5) is 17.6 Å². The zero-order valence-electron chi connectivity index (χ0n) is 10.1. The molecule has 0 spiro atoms. The fourth-order valence-electron chi connectivity index (χ4n) is 1.34. The molecule has 0 saturated carbocycles. The Kier molecular flexibility index (Phi) is 5.29. The predicted octanol–water partition coefficient (Wildman–Crippen LogP) is 3.04. The zero-order chi connectivity index (χ0) is 14.5. The Balaban J connectivity index is 2.85. The van der Waals surface area contributed by atoms with Crippen molar-refractivity contribution in [3.05, 3.63) is 35.1 Å². The van der Waals surface area contributed by atoms with Crippen molar-refractivity contribution in [2.75, 3.05) is 19.8 Å². The van der Waals surface area contributed by atoms with Crippen molar-refractivity contribution < 1.29 is 31.8 Å². The lowest BCUT2D eigenvalue weighted by atomic mass is 10.1. The maximum atomic E-state index is 12.8. The van der Waals surface area contributed by atoms with Gasteiger partial charge in [0.1, 0.15) is 12.4 Å². The van der Waals surface area contributed by atoms with E-state index >= 15 is 0 Å². The Bertz CT molecular complexity index is 443. The number of halogens is 4. The summed E-state index contributed by atoms with van der Waals surface area (Å²) in [6.07, 6.45) is -4.82. The van der Waals surface area contributed by atoms with E-state index in [-0.39, 0.29) is 19.3 Å². The van der Waals surface area contributed by atoms with E-state index in [1.54, 1.807) is 6.92 Å². The number of hydrogen-bond acceptors (Lipinski definition) is 3. The first-order valence-corrected chi connectivity index (χ1v) is 5.48. The van der Waals surface area contributed by atoms with Crippen molar-refractivity contribution in [3.63, 3.8) is 0 Å². The van der Waals surface area contributed by atoms with E-state index in [1.807, 2.05) is 0 Å². The summed E-state index contributed by atoms with van der Waals surface area (Å²) in [5, 5.41) is 0. The first kappa shape index (κ1) is 15.4. The number of benzene rings is 1. The monoisotopic (exact) mass is 280 g/mol. The molecule has 19 heavy (non-hydrogen) atoms. The Labute approximate surface area is 107 Å².